The molecule has 12 heteroatoms. The lowest BCUT2D eigenvalue weighted by Gasteiger charge is -2.29. The van der Waals surface area contributed by atoms with Crippen molar-refractivity contribution in [3.05, 3.63) is 39.9 Å². The molecule has 2 N–H and O–H groups in total. The van der Waals surface area contributed by atoms with Crippen LogP contribution in [0.15, 0.2) is 24.3 Å². The van der Waals surface area contributed by atoms with Crippen LogP contribution in [0.5, 0.6) is 0 Å². The van der Waals surface area contributed by atoms with Gasteiger partial charge in [0.15, 0.2) is 9.84 Å². The number of sulfone groups is 1. The standard InChI is InChI=1S/C13H14Cl3N3O5S/c14-13(15,16)12(17-8-5-6-25(23,24)7-8)18-11(20)9-3-1-2-4-10(9)19(21)22/h1-4,8,12,17H,5-7H2,(H,18,20)/t8-,12-/m0/s1. The second-order valence-corrected chi connectivity index (χ2v) is 10.1. The Morgan fingerprint density at radius 2 is 1.96 bits per heavy atom. The van der Waals surface area contributed by atoms with Crippen LogP contribution in [0, 0.1) is 10.1 Å². The molecule has 1 fully saturated rings. The van der Waals surface area contributed by atoms with Crippen LogP contribution in [0.4, 0.5) is 5.69 Å². The maximum Gasteiger partial charge on any atom is 0.282 e. The fourth-order valence-corrected chi connectivity index (χ4v) is 4.45. The van der Waals surface area contributed by atoms with Gasteiger partial charge in [-0.05, 0) is 12.5 Å². The number of amides is 1. The van der Waals surface area contributed by atoms with Gasteiger partial charge in [-0.15, -0.1) is 0 Å². The van der Waals surface area contributed by atoms with Gasteiger partial charge in [-0.1, -0.05) is 46.9 Å². The van der Waals surface area contributed by atoms with Gasteiger partial charge in [-0.25, -0.2) is 8.42 Å². The summed E-state index contributed by atoms with van der Waals surface area (Å²) in [5.74, 6) is -0.974. The molecule has 1 aliphatic rings. The van der Waals surface area contributed by atoms with Crippen molar-refractivity contribution in [2.45, 2.75) is 22.4 Å². The van der Waals surface area contributed by atoms with E-state index in [0.29, 0.717) is 6.42 Å². The Kier molecular flexibility index (Phi) is 6.16. The number of para-hydroxylation sites is 1. The highest BCUT2D eigenvalue weighted by molar-refractivity contribution is 7.91. The molecule has 0 unspecified atom stereocenters. The van der Waals surface area contributed by atoms with E-state index in [4.69, 9.17) is 34.8 Å². The van der Waals surface area contributed by atoms with E-state index in [2.05, 4.69) is 10.6 Å². The maximum atomic E-state index is 12.4. The summed E-state index contributed by atoms with van der Waals surface area (Å²) in [6.45, 7) is 0. The summed E-state index contributed by atoms with van der Waals surface area (Å²) in [5.41, 5.74) is -0.598. The molecule has 1 heterocycles. The molecule has 1 aromatic carbocycles. The highest BCUT2D eigenvalue weighted by atomic mass is 35.6. The summed E-state index contributed by atoms with van der Waals surface area (Å²) >= 11 is 17.6. The number of nitro groups is 1. The minimum absolute atomic E-state index is 0.00462. The van der Waals surface area contributed by atoms with Gasteiger partial charge in [-0.2, -0.15) is 0 Å². The number of benzene rings is 1. The molecule has 0 spiro atoms. The van der Waals surface area contributed by atoms with Crippen molar-refractivity contribution in [1.82, 2.24) is 10.6 Å². The van der Waals surface area contributed by atoms with Crippen molar-refractivity contribution in [1.29, 1.82) is 0 Å². The second kappa shape index (κ2) is 7.63. The first-order chi connectivity index (χ1) is 11.5. The van der Waals surface area contributed by atoms with Gasteiger partial charge in [0.25, 0.3) is 11.6 Å². The Morgan fingerprint density at radius 3 is 2.48 bits per heavy atom. The number of carbonyl (C=O) groups excluding carboxylic acids is 1. The zero-order valence-electron chi connectivity index (χ0n) is 12.6. The summed E-state index contributed by atoms with van der Waals surface area (Å²) < 4.78 is 21.1. The van der Waals surface area contributed by atoms with Crippen LogP contribution in [0.1, 0.15) is 16.8 Å². The summed E-state index contributed by atoms with van der Waals surface area (Å²) in [6.07, 6.45) is -0.927. The molecule has 0 saturated carbocycles. The minimum Gasteiger partial charge on any atom is -0.332 e. The van der Waals surface area contributed by atoms with E-state index >= 15 is 0 Å². The topological polar surface area (TPSA) is 118 Å². The number of alkyl halides is 3. The lowest BCUT2D eigenvalue weighted by atomic mass is 10.1. The third-order valence-corrected chi connectivity index (χ3v) is 6.01. The van der Waals surface area contributed by atoms with E-state index in [1.54, 1.807) is 0 Å². The second-order valence-electron chi connectivity index (χ2n) is 5.49. The van der Waals surface area contributed by atoms with E-state index in [-0.39, 0.29) is 17.1 Å². The molecule has 8 nitrogen and oxygen atoms in total. The molecule has 0 radical (unpaired) electrons. The smallest absolute Gasteiger partial charge is 0.282 e. The molecular weight excluding hydrogens is 417 g/mol. The van der Waals surface area contributed by atoms with Gasteiger partial charge in [0.1, 0.15) is 11.7 Å². The van der Waals surface area contributed by atoms with E-state index in [1.165, 1.54) is 24.3 Å². The quantitative estimate of drug-likeness (QED) is 0.318. The number of hydrogen-bond donors (Lipinski definition) is 2. The number of hydrogen-bond acceptors (Lipinski definition) is 6. The van der Waals surface area contributed by atoms with Gasteiger partial charge in [0.05, 0.1) is 16.4 Å². The molecular formula is C13H14Cl3N3O5S. The van der Waals surface area contributed by atoms with E-state index < -0.39 is 42.4 Å². The molecule has 0 bridgehead atoms. The molecule has 1 aliphatic heterocycles. The van der Waals surface area contributed by atoms with Crippen molar-refractivity contribution in [3.8, 4) is 0 Å². The highest BCUT2D eigenvalue weighted by Gasteiger charge is 2.39. The van der Waals surface area contributed by atoms with Gasteiger partial charge in [0.2, 0.25) is 3.79 Å². The monoisotopic (exact) mass is 429 g/mol. The molecule has 25 heavy (non-hydrogen) atoms. The molecule has 2 rings (SSSR count). The fourth-order valence-electron chi connectivity index (χ4n) is 2.41. The zero-order valence-corrected chi connectivity index (χ0v) is 15.7. The predicted octanol–water partition coefficient (Wildman–Crippen LogP) is 1.80. The molecule has 1 amide bonds. The van der Waals surface area contributed by atoms with Gasteiger partial charge in [-0.3, -0.25) is 20.2 Å². The first-order valence-corrected chi connectivity index (χ1v) is 10.0. The Hall–Kier alpha value is -1.13. The number of carbonyl (C=O) groups is 1. The van der Waals surface area contributed by atoms with E-state index in [9.17, 15) is 23.3 Å². The first kappa shape index (κ1) is 20.2. The van der Waals surface area contributed by atoms with Crippen LogP contribution in [0.3, 0.4) is 0 Å². The summed E-state index contributed by atoms with van der Waals surface area (Å²) in [7, 11) is -3.18. The zero-order chi connectivity index (χ0) is 18.8. The average Bonchev–Trinajstić information content (AvgIpc) is 2.84. The molecule has 1 aromatic rings. The third-order valence-electron chi connectivity index (χ3n) is 3.58. The van der Waals surface area contributed by atoms with Crippen LogP contribution in [-0.2, 0) is 9.84 Å². The van der Waals surface area contributed by atoms with Crippen LogP contribution in [-0.4, -0.2) is 46.8 Å². The van der Waals surface area contributed by atoms with Crippen molar-refractivity contribution < 1.29 is 18.1 Å². The Morgan fingerprint density at radius 1 is 1.32 bits per heavy atom. The number of nitrogens with zero attached hydrogens (tertiary/aromatic N) is 1. The minimum atomic E-state index is -3.18. The van der Waals surface area contributed by atoms with E-state index in [0.717, 1.165) is 0 Å². The Labute approximate surface area is 158 Å². The fraction of sp³-hybridized carbons (Fsp3) is 0.462. The summed E-state index contributed by atoms with van der Waals surface area (Å²) in [6, 6.07) is 4.82. The Balaban J connectivity index is 2.18. The summed E-state index contributed by atoms with van der Waals surface area (Å²) in [4.78, 5) is 22.7. The Bertz CT molecular complexity index is 781. The lowest BCUT2D eigenvalue weighted by Crippen LogP contribution is -2.56. The van der Waals surface area contributed by atoms with Crippen LogP contribution in [0.2, 0.25) is 0 Å². The average molecular weight is 431 g/mol. The summed E-state index contributed by atoms with van der Waals surface area (Å²) in [5, 5.41) is 16.2. The van der Waals surface area contributed by atoms with Crippen molar-refractivity contribution in [2.24, 2.45) is 0 Å². The van der Waals surface area contributed by atoms with E-state index in [1.807, 2.05) is 0 Å². The molecule has 0 aliphatic carbocycles. The van der Waals surface area contributed by atoms with Crippen molar-refractivity contribution in [2.75, 3.05) is 11.5 Å². The molecule has 0 aromatic heterocycles. The number of nitrogens with one attached hydrogen (secondary N) is 2. The predicted molar refractivity (Wildman–Crippen MR) is 94.8 cm³/mol. The maximum absolute atomic E-state index is 12.4. The van der Waals surface area contributed by atoms with Crippen molar-refractivity contribution >= 4 is 56.2 Å². The van der Waals surface area contributed by atoms with Gasteiger partial charge >= 0.3 is 0 Å². The van der Waals surface area contributed by atoms with Crippen LogP contribution in [0.25, 0.3) is 0 Å². The van der Waals surface area contributed by atoms with Crippen LogP contribution < -0.4 is 10.6 Å². The van der Waals surface area contributed by atoms with Gasteiger partial charge in [0, 0.05) is 12.1 Å². The number of nitro benzene ring substituents is 1. The third kappa shape index (κ3) is 5.42. The molecule has 2 atom stereocenters. The van der Waals surface area contributed by atoms with Gasteiger partial charge < -0.3 is 5.32 Å². The number of halogens is 3. The number of rotatable bonds is 5. The first-order valence-electron chi connectivity index (χ1n) is 7.07. The highest BCUT2D eigenvalue weighted by Crippen LogP contribution is 2.30. The SMILES string of the molecule is O=C(N[C@H](N[C@H]1CCS(=O)(=O)C1)C(Cl)(Cl)Cl)c1ccccc1[N+](=O)[O-]. The largest absolute Gasteiger partial charge is 0.332 e. The van der Waals surface area contributed by atoms with Crippen molar-refractivity contribution in [3.63, 3.8) is 0 Å². The van der Waals surface area contributed by atoms with Crippen LogP contribution >= 0.6 is 34.8 Å². The molecule has 138 valence electrons. The normalized spacial score (nSPS) is 20.8. The lowest BCUT2D eigenvalue weighted by molar-refractivity contribution is -0.385. The molecule has 1 saturated heterocycles.